The lowest BCUT2D eigenvalue weighted by Gasteiger charge is -2.09. The van der Waals surface area contributed by atoms with E-state index in [4.69, 9.17) is 31.8 Å². The lowest BCUT2D eigenvalue weighted by atomic mass is 10.1. The topological polar surface area (TPSA) is 69.7 Å². The van der Waals surface area contributed by atoms with Crippen molar-refractivity contribution < 1.29 is 22.7 Å². The van der Waals surface area contributed by atoms with Gasteiger partial charge in [0.05, 0.1) is 17.1 Å². The zero-order valence-corrected chi connectivity index (χ0v) is 14.0. The van der Waals surface area contributed by atoms with Gasteiger partial charge in [0.25, 0.3) is 9.05 Å². The first-order valence-electron chi connectivity index (χ1n) is 6.27. The Labute approximate surface area is 133 Å². The predicted octanol–water partition coefficient (Wildman–Crippen LogP) is 3.16. The van der Waals surface area contributed by atoms with E-state index in [0.29, 0.717) is 6.61 Å². The molecule has 0 radical (unpaired) electrons. The van der Waals surface area contributed by atoms with E-state index in [2.05, 4.69) is 0 Å². The van der Waals surface area contributed by atoms with E-state index >= 15 is 0 Å². The molecule has 0 heterocycles. The van der Waals surface area contributed by atoms with E-state index in [1.165, 1.54) is 13.0 Å². The number of carbonyl (C=O) groups is 1. The minimum atomic E-state index is -3.99. The monoisotopic (exact) mass is 354 g/mol. The Morgan fingerprint density at radius 3 is 2.48 bits per heavy atom. The maximum Gasteiger partial charge on any atom is 0.338 e. The molecule has 0 N–H and O–H groups in total. The summed E-state index contributed by atoms with van der Waals surface area (Å²) in [5.74, 6) is -0.682. The number of carbonyl (C=O) groups excluding carboxylic acids is 1. The number of hydrogen-bond acceptors (Lipinski definition) is 5. The van der Waals surface area contributed by atoms with E-state index in [-0.39, 0.29) is 34.3 Å². The van der Waals surface area contributed by atoms with Crippen LogP contribution in [-0.2, 0) is 18.5 Å². The molecule has 0 spiro atoms. The van der Waals surface area contributed by atoms with Crippen LogP contribution in [0.5, 0.6) is 0 Å². The molecule has 0 aliphatic carbocycles. The van der Waals surface area contributed by atoms with Crippen molar-refractivity contribution in [2.75, 3.05) is 19.8 Å². The predicted molar refractivity (Wildman–Crippen MR) is 80.6 cm³/mol. The van der Waals surface area contributed by atoms with E-state index in [0.717, 1.165) is 12.5 Å². The fourth-order valence-corrected chi connectivity index (χ4v) is 3.05. The molecule has 5 nitrogen and oxygen atoms in total. The average Bonchev–Trinajstić information content (AvgIpc) is 2.39. The number of ether oxygens (including phenoxy) is 2. The Kier molecular flexibility index (Phi) is 6.93. The van der Waals surface area contributed by atoms with Crippen LogP contribution in [-0.4, -0.2) is 34.2 Å². The molecule has 0 aliphatic heterocycles. The van der Waals surface area contributed by atoms with E-state index < -0.39 is 15.0 Å². The largest absolute Gasteiger partial charge is 0.460 e. The highest BCUT2D eigenvalue weighted by Crippen LogP contribution is 2.28. The molecule has 0 fully saturated rings. The van der Waals surface area contributed by atoms with Gasteiger partial charge in [0.15, 0.2) is 0 Å². The van der Waals surface area contributed by atoms with E-state index in [1.54, 1.807) is 0 Å². The van der Waals surface area contributed by atoms with Crippen LogP contribution in [0, 0.1) is 6.92 Å². The van der Waals surface area contributed by atoms with Crippen LogP contribution in [0.2, 0.25) is 5.02 Å². The minimum absolute atomic E-state index is 0.0281. The van der Waals surface area contributed by atoms with Crippen LogP contribution >= 0.6 is 22.3 Å². The molecule has 8 heteroatoms. The molecule has 0 aliphatic rings. The van der Waals surface area contributed by atoms with Gasteiger partial charge < -0.3 is 9.47 Å². The van der Waals surface area contributed by atoms with Crippen molar-refractivity contribution in [1.82, 2.24) is 0 Å². The van der Waals surface area contributed by atoms with Crippen molar-refractivity contribution in [3.63, 3.8) is 0 Å². The maximum absolute atomic E-state index is 11.8. The summed E-state index contributed by atoms with van der Waals surface area (Å²) in [5, 5.41) is 0.130. The van der Waals surface area contributed by atoms with Gasteiger partial charge in [-0.15, -0.1) is 0 Å². The second-order valence-corrected chi connectivity index (χ2v) is 7.21. The van der Waals surface area contributed by atoms with Crippen LogP contribution in [0.4, 0.5) is 0 Å². The summed E-state index contributed by atoms with van der Waals surface area (Å²) in [4.78, 5) is 11.6. The quantitative estimate of drug-likeness (QED) is 0.427. The smallest absolute Gasteiger partial charge is 0.338 e. The van der Waals surface area contributed by atoms with E-state index in [1.807, 2.05) is 6.92 Å². The fourth-order valence-electron chi connectivity index (χ4n) is 1.55. The SMILES string of the molecule is CCCOCCOC(=O)c1cc(Cl)c(C)c(S(=O)(=O)Cl)c1. The second kappa shape index (κ2) is 7.98. The van der Waals surface area contributed by atoms with Gasteiger partial charge in [0.2, 0.25) is 0 Å². The average molecular weight is 355 g/mol. The summed E-state index contributed by atoms with van der Waals surface area (Å²) in [7, 11) is 1.33. The van der Waals surface area contributed by atoms with Crippen molar-refractivity contribution in [3.05, 3.63) is 28.3 Å². The summed E-state index contributed by atoms with van der Waals surface area (Å²) in [5.41, 5.74) is 0.315. The normalized spacial score (nSPS) is 11.4. The van der Waals surface area contributed by atoms with Gasteiger partial charge in [-0.25, -0.2) is 13.2 Å². The highest BCUT2D eigenvalue weighted by molar-refractivity contribution is 8.13. The summed E-state index contributed by atoms with van der Waals surface area (Å²) >= 11 is 5.92. The molecular weight excluding hydrogens is 339 g/mol. The molecule has 1 aromatic rings. The highest BCUT2D eigenvalue weighted by atomic mass is 35.7. The first-order chi connectivity index (χ1) is 9.77. The van der Waals surface area contributed by atoms with Crippen molar-refractivity contribution in [1.29, 1.82) is 0 Å². The standard InChI is InChI=1S/C13H16Cl2O5S/c1-3-4-19-5-6-20-13(16)10-7-11(14)9(2)12(8-10)21(15,17)18/h7-8H,3-6H2,1-2H3. The number of rotatable bonds is 7. The van der Waals surface area contributed by atoms with Gasteiger partial charge in [-0.3, -0.25) is 0 Å². The van der Waals surface area contributed by atoms with Gasteiger partial charge in [-0.2, -0.15) is 0 Å². The van der Waals surface area contributed by atoms with Crippen molar-refractivity contribution in [2.45, 2.75) is 25.2 Å². The summed E-state index contributed by atoms with van der Waals surface area (Å²) in [6.45, 7) is 4.41. The Hall–Kier alpha value is -0.820. The third kappa shape index (κ3) is 5.47. The Morgan fingerprint density at radius 1 is 1.24 bits per heavy atom. The molecule has 0 saturated heterocycles. The summed E-state index contributed by atoms with van der Waals surface area (Å²) in [6, 6.07) is 2.50. The molecule has 1 rings (SSSR count). The van der Waals surface area contributed by atoms with Gasteiger partial charge >= 0.3 is 5.97 Å². The number of halogens is 2. The van der Waals surface area contributed by atoms with Gasteiger partial charge in [0.1, 0.15) is 6.61 Å². The van der Waals surface area contributed by atoms with Crippen LogP contribution < -0.4 is 0 Å². The van der Waals surface area contributed by atoms with Crippen LogP contribution in [0.15, 0.2) is 17.0 Å². The van der Waals surface area contributed by atoms with Crippen molar-refractivity contribution in [3.8, 4) is 0 Å². The van der Waals surface area contributed by atoms with Gasteiger partial charge in [-0.05, 0) is 31.0 Å². The van der Waals surface area contributed by atoms with E-state index in [9.17, 15) is 13.2 Å². The lowest BCUT2D eigenvalue weighted by molar-refractivity contribution is 0.0318. The highest BCUT2D eigenvalue weighted by Gasteiger charge is 2.20. The Bertz CT molecular complexity index is 613. The Morgan fingerprint density at radius 2 is 1.90 bits per heavy atom. The lowest BCUT2D eigenvalue weighted by Crippen LogP contribution is -2.12. The van der Waals surface area contributed by atoms with Crippen molar-refractivity contribution in [2.24, 2.45) is 0 Å². The second-order valence-electron chi connectivity index (χ2n) is 4.27. The molecule has 0 bridgehead atoms. The maximum atomic E-state index is 11.8. The zero-order valence-electron chi connectivity index (χ0n) is 11.7. The molecule has 0 atom stereocenters. The molecule has 118 valence electrons. The summed E-state index contributed by atoms with van der Waals surface area (Å²) < 4.78 is 33.0. The molecule has 0 aromatic heterocycles. The van der Waals surface area contributed by atoms with Crippen LogP contribution in [0.1, 0.15) is 29.3 Å². The molecular formula is C13H16Cl2O5S. The fraction of sp³-hybridized carbons (Fsp3) is 0.462. The van der Waals surface area contributed by atoms with Crippen LogP contribution in [0.3, 0.4) is 0 Å². The van der Waals surface area contributed by atoms with Gasteiger partial charge in [-0.1, -0.05) is 18.5 Å². The molecule has 21 heavy (non-hydrogen) atoms. The third-order valence-electron chi connectivity index (χ3n) is 2.60. The number of benzene rings is 1. The van der Waals surface area contributed by atoms with Gasteiger partial charge in [0, 0.05) is 22.3 Å². The molecule has 0 unspecified atom stereocenters. The zero-order chi connectivity index (χ0) is 16.0. The first-order valence-corrected chi connectivity index (χ1v) is 8.95. The summed E-state index contributed by atoms with van der Waals surface area (Å²) in [6.07, 6.45) is 0.873. The molecule has 1 aromatic carbocycles. The first kappa shape index (κ1) is 18.2. The van der Waals surface area contributed by atoms with Crippen molar-refractivity contribution >= 4 is 37.3 Å². The number of hydrogen-bond donors (Lipinski definition) is 0. The Balaban J connectivity index is 2.84. The minimum Gasteiger partial charge on any atom is -0.460 e. The third-order valence-corrected chi connectivity index (χ3v) is 4.45. The number of esters is 1. The molecule has 0 amide bonds. The molecule has 0 saturated carbocycles. The van der Waals surface area contributed by atoms with Crippen LogP contribution in [0.25, 0.3) is 0 Å².